The normalized spacial score (nSPS) is 17.6. The lowest BCUT2D eigenvalue weighted by atomic mass is 9.89. The molecule has 1 heterocycles. The number of amides is 1. The molecule has 0 aliphatic carbocycles. The van der Waals surface area contributed by atoms with Crippen LogP contribution in [0.3, 0.4) is 0 Å². The van der Waals surface area contributed by atoms with Gasteiger partial charge in [0.05, 0.1) is 12.1 Å². The molecular formula is C14H19ClN2O3. The summed E-state index contributed by atoms with van der Waals surface area (Å²) in [6, 6.07) is 5.21. The summed E-state index contributed by atoms with van der Waals surface area (Å²) in [5.74, 6) is 0.451. The average molecular weight is 299 g/mol. The van der Waals surface area contributed by atoms with Crippen LogP contribution in [-0.2, 0) is 9.53 Å². The second-order valence-corrected chi connectivity index (χ2v) is 5.36. The van der Waals surface area contributed by atoms with Crippen LogP contribution in [0.4, 0.5) is 5.69 Å². The summed E-state index contributed by atoms with van der Waals surface area (Å²) in [5.41, 5.74) is 6.04. The first-order chi connectivity index (χ1) is 9.48. The summed E-state index contributed by atoms with van der Waals surface area (Å²) in [7, 11) is 3.25. The van der Waals surface area contributed by atoms with Crippen LogP contribution in [0.25, 0.3) is 0 Å². The van der Waals surface area contributed by atoms with Crippen molar-refractivity contribution in [2.75, 3.05) is 32.3 Å². The molecule has 0 spiro atoms. The van der Waals surface area contributed by atoms with Gasteiger partial charge in [0, 0.05) is 25.9 Å². The lowest BCUT2D eigenvalue weighted by Gasteiger charge is -2.35. The predicted molar refractivity (Wildman–Crippen MR) is 78.4 cm³/mol. The fraction of sp³-hybridized carbons (Fsp3) is 0.500. The van der Waals surface area contributed by atoms with Crippen LogP contribution in [0.15, 0.2) is 18.2 Å². The Morgan fingerprint density at radius 2 is 2.10 bits per heavy atom. The van der Waals surface area contributed by atoms with E-state index in [1.54, 1.807) is 32.4 Å². The molecule has 1 fully saturated rings. The molecular weight excluding hydrogens is 280 g/mol. The highest BCUT2D eigenvalue weighted by Gasteiger charge is 2.38. The van der Waals surface area contributed by atoms with Crippen molar-refractivity contribution in [1.82, 2.24) is 0 Å². The van der Waals surface area contributed by atoms with Crippen LogP contribution in [-0.4, -0.2) is 38.8 Å². The van der Waals surface area contributed by atoms with Gasteiger partial charge in [0.2, 0.25) is 5.91 Å². The van der Waals surface area contributed by atoms with Crippen molar-refractivity contribution >= 4 is 23.2 Å². The van der Waals surface area contributed by atoms with Gasteiger partial charge in [0.15, 0.2) is 0 Å². The molecule has 1 aliphatic rings. The monoisotopic (exact) mass is 298 g/mol. The molecule has 0 radical (unpaired) electrons. The molecule has 1 aliphatic heterocycles. The Hall–Kier alpha value is -1.30. The molecule has 1 aromatic carbocycles. The number of anilines is 1. The number of carbonyl (C=O) groups excluding carboxylic acids is 1. The molecule has 0 atom stereocenters. The minimum absolute atomic E-state index is 0.123. The molecule has 5 nitrogen and oxygen atoms in total. The Kier molecular flexibility index (Phi) is 4.52. The quantitative estimate of drug-likeness (QED) is 0.924. The summed E-state index contributed by atoms with van der Waals surface area (Å²) < 4.78 is 10.4. The molecule has 0 aromatic heterocycles. The molecule has 0 saturated carbocycles. The van der Waals surface area contributed by atoms with Crippen LogP contribution in [0.5, 0.6) is 5.75 Å². The summed E-state index contributed by atoms with van der Waals surface area (Å²) in [5, 5.41) is 0.461. The Labute approximate surface area is 123 Å². The van der Waals surface area contributed by atoms with Gasteiger partial charge in [0.1, 0.15) is 11.3 Å². The smallest absolute Gasteiger partial charge is 0.246 e. The van der Waals surface area contributed by atoms with Crippen molar-refractivity contribution in [3.8, 4) is 5.75 Å². The molecule has 6 heteroatoms. The van der Waals surface area contributed by atoms with Crippen LogP contribution in [0, 0.1) is 0 Å². The number of methoxy groups -OCH3 is 1. The minimum Gasteiger partial charge on any atom is -0.495 e. The van der Waals surface area contributed by atoms with Crippen molar-refractivity contribution < 1.29 is 14.3 Å². The van der Waals surface area contributed by atoms with Gasteiger partial charge >= 0.3 is 0 Å². The fourth-order valence-electron chi connectivity index (χ4n) is 2.26. The molecule has 1 amide bonds. The third-order valence-electron chi connectivity index (χ3n) is 3.64. The van der Waals surface area contributed by atoms with E-state index in [1.807, 2.05) is 0 Å². The van der Waals surface area contributed by atoms with Gasteiger partial charge < -0.3 is 20.1 Å². The number of hydrogen-bond acceptors (Lipinski definition) is 4. The third kappa shape index (κ3) is 2.90. The molecule has 1 aromatic rings. The van der Waals surface area contributed by atoms with Crippen molar-refractivity contribution in [2.45, 2.75) is 18.4 Å². The van der Waals surface area contributed by atoms with E-state index < -0.39 is 5.54 Å². The van der Waals surface area contributed by atoms with Crippen molar-refractivity contribution in [1.29, 1.82) is 0 Å². The third-order valence-corrected chi connectivity index (χ3v) is 3.93. The minimum atomic E-state index is -0.862. The Bertz CT molecular complexity index is 501. The standard InChI is InChI=1S/C14H19ClN2O3/c1-17(10-3-4-12(19-2)11(15)9-10)13(18)14(16)5-7-20-8-6-14/h3-4,9H,5-8,16H2,1-2H3. The van der Waals surface area contributed by atoms with Gasteiger partial charge in [-0.15, -0.1) is 0 Å². The van der Waals surface area contributed by atoms with Gasteiger partial charge in [-0.3, -0.25) is 4.79 Å². The zero-order chi connectivity index (χ0) is 14.8. The summed E-state index contributed by atoms with van der Waals surface area (Å²) in [6.07, 6.45) is 1.06. The van der Waals surface area contributed by atoms with Crippen molar-refractivity contribution in [2.24, 2.45) is 5.73 Å². The molecule has 2 N–H and O–H groups in total. The maximum Gasteiger partial charge on any atom is 0.246 e. The zero-order valence-electron chi connectivity index (χ0n) is 11.7. The van der Waals surface area contributed by atoms with Gasteiger partial charge in [-0.1, -0.05) is 11.6 Å². The number of rotatable bonds is 3. The lowest BCUT2D eigenvalue weighted by molar-refractivity contribution is -0.126. The maximum absolute atomic E-state index is 12.6. The molecule has 0 unspecified atom stereocenters. The number of halogens is 1. The fourth-order valence-corrected chi connectivity index (χ4v) is 2.52. The van der Waals surface area contributed by atoms with Gasteiger partial charge in [-0.2, -0.15) is 0 Å². The highest BCUT2D eigenvalue weighted by Crippen LogP contribution is 2.30. The maximum atomic E-state index is 12.6. The van der Waals surface area contributed by atoms with E-state index in [9.17, 15) is 4.79 Å². The van der Waals surface area contributed by atoms with E-state index in [0.29, 0.717) is 42.5 Å². The average Bonchev–Trinajstić information content (AvgIpc) is 2.46. The molecule has 2 rings (SSSR count). The Morgan fingerprint density at radius 1 is 1.45 bits per heavy atom. The number of nitrogens with two attached hydrogens (primary N) is 1. The second-order valence-electron chi connectivity index (χ2n) is 4.95. The lowest BCUT2D eigenvalue weighted by Crippen LogP contribution is -2.57. The van der Waals surface area contributed by atoms with Gasteiger partial charge in [-0.05, 0) is 31.0 Å². The van der Waals surface area contributed by atoms with E-state index >= 15 is 0 Å². The first-order valence-corrected chi connectivity index (χ1v) is 6.84. The predicted octanol–water partition coefficient (Wildman–Crippen LogP) is 1.82. The first kappa shape index (κ1) is 15.1. The van der Waals surface area contributed by atoms with Crippen LogP contribution >= 0.6 is 11.6 Å². The van der Waals surface area contributed by atoms with Gasteiger partial charge in [-0.25, -0.2) is 0 Å². The highest BCUT2D eigenvalue weighted by molar-refractivity contribution is 6.32. The number of carbonyl (C=O) groups is 1. The first-order valence-electron chi connectivity index (χ1n) is 6.46. The largest absolute Gasteiger partial charge is 0.495 e. The molecule has 110 valence electrons. The number of likely N-dealkylation sites (N-methyl/N-ethyl adjacent to an activating group) is 1. The summed E-state index contributed by atoms with van der Waals surface area (Å²) >= 11 is 6.08. The van der Waals surface area contributed by atoms with E-state index in [0.717, 1.165) is 0 Å². The number of hydrogen-bond donors (Lipinski definition) is 1. The van der Waals surface area contributed by atoms with E-state index in [4.69, 9.17) is 26.8 Å². The second kappa shape index (κ2) is 5.99. The molecule has 1 saturated heterocycles. The van der Waals surface area contributed by atoms with E-state index in [-0.39, 0.29) is 5.91 Å². The highest BCUT2D eigenvalue weighted by atomic mass is 35.5. The Balaban J connectivity index is 2.19. The van der Waals surface area contributed by atoms with Crippen molar-refractivity contribution in [3.63, 3.8) is 0 Å². The summed E-state index contributed by atoms with van der Waals surface area (Å²) in [6.45, 7) is 1.03. The SMILES string of the molecule is COc1ccc(N(C)C(=O)C2(N)CCOCC2)cc1Cl. The number of ether oxygens (including phenoxy) is 2. The van der Waals surface area contributed by atoms with Gasteiger partial charge in [0.25, 0.3) is 0 Å². The number of nitrogens with zero attached hydrogens (tertiary/aromatic N) is 1. The van der Waals surface area contributed by atoms with Crippen molar-refractivity contribution in [3.05, 3.63) is 23.2 Å². The summed E-state index contributed by atoms with van der Waals surface area (Å²) in [4.78, 5) is 14.1. The van der Waals surface area contributed by atoms with Crippen LogP contribution in [0.1, 0.15) is 12.8 Å². The van der Waals surface area contributed by atoms with E-state index in [2.05, 4.69) is 0 Å². The molecule has 0 bridgehead atoms. The zero-order valence-corrected chi connectivity index (χ0v) is 12.4. The Morgan fingerprint density at radius 3 is 2.65 bits per heavy atom. The van der Waals surface area contributed by atoms with Crippen LogP contribution < -0.4 is 15.4 Å². The molecule has 20 heavy (non-hydrogen) atoms. The topological polar surface area (TPSA) is 64.8 Å². The van der Waals surface area contributed by atoms with Crippen LogP contribution in [0.2, 0.25) is 5.02 Å². The van der Waals surface area contributed by atoms with E-state index in [1.165, 1.54) is 4.90 Å². The number of benzene rings is 1.